The van der Waals surface area contributed by atoms with E-state index in [0.29, 0.717) is 5.69 Å². The Labute approximate surface area is 103 Å². The normalized spacial score (nSPS) is 10.0. The molecular weight excluding hydrogens is 236 g/mol. The molecule has 0 aliphatic carbocycles. The van der Waals surface area contributed by atoms with E-state index in [1.165, 1.54) is 18.4 Å². The molecule has 2 rings (SSSR count). The highest BCUT2D eigenvalue weighted by Gasteiger charge is 2.13. The average molecular weight is 248 g/mol. The number of hydrogen-bond acceptors (Lipinski definition) is 5. The molecule has 17 heavy (non-hydrogen) atoms. The molecule has 1 heterocycles. The summed E-state index contributed by atoms with van der Waals surface area (Å²) in [7, 11) is 3.20. The first-order chi connectivity index (χ1) is 8.26. The average Bonchev–Trinajstić information content (AvgIpc) is 2.87. The summed E-state index contributed by atoms with van der Waals surface area (Å²) < 4.78 is 4.63. The molecule has 0 aliphatic heterocycles. The molecule has 0 atom stereocenters. The van der Waals surface area contributed by atoms with Gasteiger partial charge < -0.3 is 10.1 Å². The van der Waals surface area contributed by atoms with Crippen molar-refractivity contribution >= 4 is 23.0 Å². The fourth-order valence-electron chi connectivity index (χ4n) is 1.48. The fourth-order valence-corrected chi connectivity index (χ4v) is 2.31. The van der Waals surface area contributed by atoms with E-state index in [0.717, 1.165) is 16.3 Å². The zero-order valence-corrected chi connectivity index (χ0v) is 10.4. The number of carbonyl (C=O) groups excluding carboxylic acids is 1. The molecule has 2 aromatic rings. The van der Waals surface area contributed by atoms with Gasteiger partial charge in [-0.1, -0.05) is 12.1 Å². The lowest BCUT2D eigenvalue weighted by Crippen LogP contribution is -2.01. The van der Waals surface area contributed by atoms with Gasteiger partial charge in [-0.15, -0.1) is 11.3 Å². The quantitative estimate of drug-likeness (QED) is 0.848. The van der Waals surface area contributed by atoms with Crippen LogP contribution in [0, 0.1) is 0 Å². The van der Waals surface area contributed by atoms with Crippen LogP contribution < -0.4 is 5.32 Å². The van der Waals surface area contributed by atoms with Crippen LogP contribution in [0.15, 0.2) is 29.6 Å². The van der Waals surface area contributed by atoms with Gasteiger partial charge in [-0.25, -0.2) is 9.78 Å². The molecule has 1 N–H and O–H groups in total. The Bertz CT molecular complexity index is 537. The van der Waals surface area contributed by atoms with Crippen LogP contribution in [0.2, 0.25) is 0 Å². The minimum atomic E-state index is -0.408. The second-order valence-electron chi connectivity index (χ2n) is 3.33. The zero-order valence-electron chi connectivity index (χ0n) is 9.56. The highest BCUT2D eigenvalue weighted by atomic mass is 32.1. The van der Waals surface area contributed by atoms with Crippen LogP contribution in [0.5, 0.6) is 0 Å². The number of nitrogens with zero attached hydrogens (tertiary/aromatic N) is 1. The monoisotopic (exact) mass is 248 g/mol. The van der Waals surface area contributed by atoms with Crippen LogP contribution in [0.4, 0.5) is 5.69 Å². The molecule has 1 aromatic carbocycles. The molecule has 0 fully saturated rings. The second kappa shape index (κ2) is 4.97. The molecule has 1 aromatic heterocycles. The minimum Gasteiger partial charge on any atom is -0.464 e. The predicted molar refractivity (Wildman–Crippen MR) is 68.4 cm³/mol. The summed E-state index contributed by atoms with van der Waals surface area (Å²) in [6.45, 7) is 0. The van der Waals surface area contributed by atoms with E-state index in [2.05, 4.69) is 15.0 Å². The van der Waals surface area contributed by atoms with E-state index in [-0.39, 0.29) is 0 Å². The van der Waals surface area contributed by atoms with Crippen LogP contribution in [0.1, 0.15) is 10.5 Å². The van der Waals surface area contributed by atoms with Crippen LogP contribution >= 0.6 is 11.3 Å². The van der Waals surface area contributed by atoms with Gasteiger partial charge >= 0.3 is 5.97 Å². The highest BCUT2D eigenvalue weighted by Crippen LogP contribution is 2.30. The maximum absolute atomic E-state index is 11.3. The number of nitrogens with one attached hydrogen (secondary N) is 1. The van der Waals surface area contributed by atoms with E-state index in [4.69, 9.17) is 0 Å². The Morgan fingerprint density at radius 2 is 2.18 bits per heavy atom. The number of benzene rings is 1. The van der Waals surface area contributed by atoms with Crippen molar-refractivity contribution in [2.45, 2.75) is 0 Å². The molecule has 5 heteroatoms. The first-order valence-electron chi connectivity index (χ1n) is 5.07. The van der Waals surface area contributed by atoms with Gasteiger partial charge in [0.25, 0.3) is 0 Å². The van der Waals surface area contributed by atoms with E-state index in [1.807, 2.05) is 31.3 Å². The molecule has 0 radical (unpaired) electrons. The Morgan fingerprint density at radius 1 is 1.41 bits per heavy atom. The van der Waals surface area contributed by atoms with Crippen LogP contribution in [0.25, 0.3) is 10.6 Å². The number of aromatic nitrogens is 1. The molecule has 4 nitrogen and oxygen atoms in total. The summed E-state index contributed by atoms with van der Waals surface area (Å²) in [5.74, 6) is -0.408. The number of methoxy groups -OCH3 is 1. The van der Waals surface area contributed by atoms with Crippen LogP contribution in [-0.2, 0) is 4.74 Å². The van der Waals surface area contributed by atoms with Crippen molar-refractivity contribution in [1.29, 1.82) is 0 Å². The zero-order chi connectivity index (χ0) is 12.3. The van der Waals surface area contributed by atoms with Gasteiger partial charge in [0.15, 0.2) is 5.69 Å². The van der Waals surface area contributed by atoms with Crippen molar-refractivity contribution in [3.63, 3.8) is 0 Å². The molecule has 0 saturated heterocycles. The topological polar surface area (TPSA) is 51.2 Å². The largest absolute Gasteiger partial charge is 0.464 e. The van der Waals surface area contributed by atoms with Gasteiger partial charge in [0.05, 0.1) is 7.11 Å². The molecule has 0 spiro atoms. The third-order valence-electron chi connectivity index (χ3n) is 2.33. The van der Waals surface area contributed by atoms with Crippen LogP contribution in [-0.4, -0.2) is 25.1 Å². The maximum atomic E-state index is 11.3. The Balaban J connectivity index is 2.40. The number of thiazole rings is 1. The minimum absolute atomic E-state index is 0.346. The first-order valence-corrected chi connectivity index (χ1v) is 5.95. The third kappa shape index (κ3) is 2.29. The van der Waals surface area contributed by atoms with Gasteiger partial charge in [-0.2, -0.15) is 0 Å². The van der Waals surface area contributed by atoms with Crippen molar-refractivity contribution in [3.05, 3.63) is 35.3 Å². The molecule has 0 aliphatic rings. The number of rotatable bonds is 3. The number of para-hydroxylation sites is 1. The number of hydrogen-bond donors (Lipinski definition) is 1. The molecular formula is C12H12N2O2S. The lowest BCUT2D eigenvalue weighted by molar-refractivity contribution is 0.0595. The Kier molecular flexibility index (Phi) is 3.39. The summed E-state index contributed by atoms with van der Waals surface area (Å²) in [6, 6.07) is 7.82. The van der Waals surface area contributed by atoms with Crippen LogP contribution in [0.3, 0.4) is 0 Å². The molecule has 88 valence electrons. The van der Waals surface area contributed by atoms with Gasteiger partial charge in [-0.05, 0) is 12.1 Å². The number of carbonyl (C=O) groups is 1. The summed E-state index contributed by atoms with van der Waals surface area (Å²) >= 11 is 1.42. The fraction of sp³-hybridized carbons (Fsp3) is 0.167. The number of anilines is 1. The lowest BCUT2D eigenvalue weighted by Gasteiger charge is -2.05. The van der Waals surface area contributed by atoms with Gasteiger partial charge in [0.2, 0.25) is 0 Å². The molecule has 0 saturated carbocycles. The summed E-state index contributed by atoms with van der Waals surface area (Å²) in [6.07, 6.45) is 0. The van der Waals surface area contributed by atoms with Crippen molar-refractivity contribution in [2.24, 2.45) is 0 Å². The van der Waals surface area contributed by atoms with Gasteiger partial charge in [0, 0.05) is 23.7 Å². The van der Waals surface area contributed by atoms with E-state index < -0.39 is 5.97 Å². The Hall–Kier alpha value is -1.88. The number of esters is 1. The SMILES string of the molecule is CNc1ccccc1-c1nc(C(=O)OC)cs1. The first kappa shape index (κ1) is 11.6. The Morgan fingerprint density at radius 3 is 2.88 bits per heavy atom. The lowest BCUT2D eigenvalue weighted by atomic mass is 10.2. The van der Waals surface area contributed by atoms with Crippen molar-refractivity contribution in [3.8, 4) is 10.6 Å². The van der Waals surface area contributed by atoms with Crippen molar-refractivity contribution in [1.82, 2.24) is 4.98 Å². The molecule has 0 amide bonds. The second-order valence-corrected chi connectivity index (χ2v) is 4.18. The smallest absolute Gasteiger partial charge is 0.357 e. The maximum Gasteiger partial charge on any atom is 0.357 e. The van der Waals surface area contributed by atoms with Gasteiger partial charge in [-0.3, -0.25) is 0 Å². The summed E-state index contributed by atoms with van der Waals surface area (Å²) in [5, 5.41) is 5.60. The van der Waals surface area contributed by atoms with Crippen molar-refractivity contribution in [2.75, 3.05) is 19.5 Å². The third-order valence-corrected chi connectivity index (χ3v) is 3.20. The summed E-state index contributed by atoms with van der Waals surface area (Å²) in [4.78, 5) is 15.6. The van der Waals surface area contributed by atoms with E-state index in [1.54, 1.807) is 5.38 Å². The highest BCUT2D eigenvalue weighted by molar-refractivity contribution is 7.13. The predicted octanol–water partition coefficient (Wildman–Crippen LogP) is 2.64. The number of ether oxygens (including phenoxy) is 1. The summed E-state index contributed by atoms with van der Waals surface area (Å²) in [5.41, 5.74) is 2.31. The van der Waals surface area contributed by atoms with Gasteiger partial charge in [0.1, 0.15) is 5.01 Å². The van der Waals surface area contributed by atoms with E-state index >= 15 is 0 Å². The van der Waals surface area contributed by atoms with Crippen molar-refractivity contribution < 1.29 is 9.53 Å². The standard InChI is InChI=1S/C12H12N2O2S/c1-13-9-6-4-3-5-8(9)11-14-10(7-17-11)12(15)16-2/h3-7,13H,1-2H3. The van der Waals surface area contributed by atoms with E-state index in [9.17, 15) is 4.79 Å². The molecule has 0 unspecified atom stereocenters. The molecule has 0 bridgehead atoms.